The Kier molecular flexibility index (Phi) is 3.94. The maximum atomic E-state index is 13.7. The summed E-state index contributed by atoms with van der Waals surface area (Å²) in [6, 6.07) is 24.0. The van der Waals surface area contributed by atoms with Crippen molar-refractivity contribution in [3.8, 4) is 22.4 Å². The molecule has 150 valence electrons. The molecule has 0 saturated carbocycles. The molecule has 30 heavy (non-hydrogen) atoms. The molecular weight excluding hydrogens is 387 g/mol. The first-order valence-corrected chi connectivity index (χ1v) is 9.71. The molecule has 5 rings (SSSR count). The summed E-state index contributed by atoms with van der Waals surface area (Å²) >= 11 is 0. The zero-order valence-electron chi connectivity index (χ0n) is 16.2. The van der Waals surface area contributed by atoms with Crippen LogP contribution in [0.4, 0.5) is 13.2 Å². The van der Waals surface area contributed by atoms with E-state index in [0.717, 1.165) is 16.5 Å². The maximum Gasteiger partial charge on any atom is 0.390 e. The van der Waals surface area contributed by atoms with Crippen molar-refractivity contribution in [1.82, 2.24) is 4.57 Å². The van der Waals surface area contributed by atoms with Crippen molar-refractivity contribution in [2.24, 2.45) is 0 Å². The Bertz CT molecular complexity index is 1290. The number of para-hydroxylation sites is 1. The highest BCUT2D eigenvalue weighted by Gasteiger charge is 2.50. The van der Waals surface area contributed by atoms with Gasteiger partial charge in [-0.25, -0.2) is 0 Å². The second-order valence-corrected chi connectivity index (χ2v) is 7.92. The van der Waals surface area contributed by atoms with E-state index in [1.165, 1.54) is 11.5 Å². The van der Waals surface area contributed by atoms with Crippen LogP contribution in [0.5, 0.6) is 0 Å². The standard InChI is InChI=1S/C25H18F3NO/c1-24(15-25(26,27)28)19-13-7-5-11-17(19)22-21(16-9-3-2-4-10-16)18-12-6-8-14-20(18)29(22)23(24)30/h2-14H,15H2,1H3/t24-/m0/s1. The Morgan fingerprint density at radius 2 is 1.50 bits per heavy atom. The minimum atomic E-state index is -4.47. The van der Waals surface area contributed by atoms with E-state index in [9.17, 15) is 18.0 Å². The number of halogens is 3. The van der Waals surface area contributed by atoms with E-state index in [2.05, 4.69) is 0 Å². The van der Waals surface area contributed by atoms with Gasteiger partial charge in [0.25, 0.3) is 0 Å². The molecule has 3 aromatic carbocycles. The van der Waals surface area contributed by atoms with Gasteiger partial charge in [-0.05, 0) is 24.1 Å². The minimum absolute atomic E-state index is 0.416. The van der Waals surface area contributed by atoms with Gasteiger partial charge >= 0.3 is 6.18 Å². The lowest BCUT2D eigenvalue weighted by Crippen LogP contribution is -2.43. The van der Waals surface area contributed by atoms with Crippen molar-refractivity contribution in [2.75, 3.05) is 0 Å². The second kappa shape index (κ2) is 6.33. The molecule has 4 aromatic rings. The van der Waals surface area contributed by atoms with Gasteiger partial charge in [-0.1, -0.05) is 72.8 Å². The SMILES string of the molecule is C[C@@]1(CC(F)(F)F)C(=O)n2c(c(-c3ccccc3)c3ccccc32)-c2ccccc21. The summed E-state index contributed by atoms with van der Waals surface area (Å²) in [4.78, 5) is 13.7. The predicted molar refractivity (Wildman–Crippen MR) is 111 cm³/mol. The Hall–Kier alpha value is -3.34. The lowest BCUT2D eigenvalue weighted by atomic mass is 9.73. The summed E-state index contributed by atoms with van der Waals surface area (Å²) in [6.45, 7) is 1.40. The number of fused-ring (bicyclic) bond motifs is 5. The number of hydrogen-bond donors (Lipinski definition) is 0. The van der Waals surface area contributed by atoms with Crippen molar-refractivity contribution in [1.29, 1.82) is 0 Å². The molecule has 0 unspecified atom stereocenters. The van der Waals surface area contributed by atoms with Crippen molar-refractivity contribution < 1.29 is 18.0 Å². The van der Waals surface area contributed by atoms with E-state index in [1.807, 2.05) is 48.5 Å². The minimum Gasteiger partial charge on any atom is -0.278 e. The quantitative estimate of drug-likeness (QED) is 0.358. The summed E-state index contributed by atoms with van der Waals surface area (Å²) in [5, 5.41) is 0.845. The topological polar surface area (TPSA) is 22.0 Å². The van der Waals surface area contributed by atoms with Crippen LogP contribution in [-0.4, -0.2) is 16.7 Å². The van der Waals surface area contributed by atoms with Gasteiger partial charge in [0.05, 0.1) is 23.0 Å². The average molecular weight is 405 g/mol. The van der Waals surface area contributed by atoms with E-state index in [1.54, 1.807) is 30.3 Å². The average Bonchev–Trinajstić information content (AvgIpc) is 3.07. The van der Waals surface area contributed by atoms with Crippen LogP contribution in [0.15, 0.2) is 78.9 Å². The lowest BCUT2D eigenvalue weighted by molar-refractivity contribution is -0.144. The van der Waals surface area contributed by atoms with Crippen LogP contribution in [0.2, 0.25) is 0 Å². The fraction of sp³-hybridized carbons (Fsp3) is 0.160. The summed E-state index contributed by atoms with van der Waals surface area (Å²) < 4.78 is 42.1. The maximum absolute atomic E-state index is 13.7. The zero-order valence-corrected chi connectivity index (χ0v) is 16.2. The summed E-state index contributed by atoms with van der Waals surface area (Å²) in [6.07, 6.45) is -5.68. The lowest BCUT2D eigenvalue weighted by Gasteiger charge is -2.36. The largest absolute Gasteiger partial charge is 0.390 e. The number of alkyl halides is 3. The molecule has 0 fully saturated rings. The molecule has 0 spiro atoms. The summed E-state index contributed by atoms with van der Waals surface area (Å²) in [5.74, 6) is -0.549. The number of benzene rings is 3. The molecule has 5 heteroatoms. The third kappa shape index (κ3) is 2.61. The summed E-state index contributed by atoms with van der Waals surface area (Å²) in [7, 11) is 0. The number of aromatic nitrogens is 1. The molecule has 1 aliphatic heterocycles. The van der Waals surface area contributed by atoms with Crippen LogP contribution < -0.4 is 0 Å². The van der Waals surface area contributed by atoms with Crippen LogP contribution in [-0.2, 0) is 5.41 Å². The zero-order chi connectivity index (χ0) is 21.1. The number of hydrogen-bond acceptors (Lipinski definition) is 1. The molecule has 0 aliphatic carbocycles. The van der Waals surface area contributed by atoms with Gasteiger partial charge < -0.3 is 0 Å². The van der Waals surface area contributed by atoms with Crippen LogP contribution in [0.25, 0.3) is 33.3 Å². The van der Waals surface area contributed by atoms with Gasteiger partial charge in [-0.15, -0.1) is 0 Å². The number of carbonyl (C=O) groups excluding carboxylic acids is 1. The van der Waals surface area contributed by atoms with E-state index < -0.39 is 23.9 Å². The van der Waals surface area contributed by atoms with Crippen molar-refractivity contribution >= 4 is 16.8 Å². The second-order valence-electron chi connectivity index (χ2n) is 7.92. The Morgan fingerprint density at radius 1 is 0.867 bits per heavy atom. The molecule has 0 amide bonds. The molecule has 1 aliphatic rings. The molecule has 2 heterocycles. The van der Waals surface area contributed by atoms with Crippen LogP contribution in [0.3, 0.4) is 0 Å². The smallest absolute Gasteiger partial charge is 0.278 e. The monoisotopic (exact) mass is 405 g/mol. The number of nitrogens with zero attached hydrogens (tertiary/aromatic N) is 1. The Balaban J connectivity index is 1.92. The van der Waals surface area contributed by atoms with Crippen molar-refractivity contribution in [2.45, 2.75) is 24.9 Å². The van der Waals surface area contributed by atoms with Crippen LogP contribution in [0.1, 0.15) is 23.7 Å². The van der Waals surface area contributed by atoms with Gasteiger partial charge in [0, 0.05) is 16.5 Å². The van der Waals surface area contributed by atoms with Gasteiger partial charge in [-0.3, -0.25) is 9.36 Å². The third-order valence-electron chi connectivity index (χ3n) is 5.94. The van der Waals surface area contributed by atoms with Crippen molar-refractivity contribution in [3.63, 3.8) is 0 Å². The van der Waals surface area contributed by atoms with Crippen LogP contribution >= 0.6 is 0 Å². The highest BCUT2D eigenvalue weighted by atomic mass is 19.4. The third-order valence-corrected chi connectivity index (χ3v) is 5.94. The molecule has 0 saturated heterocycles. The molecule has 0 bridgehead atoms. The normalized spacial score (nSPS) is 18.3. The fourth-order valence-electron chi connectivity index (χ4n) is 4.71. The predicted octanol–water partition coefficient (Wildman–Crippen LogP) is 6.84. The number of carbonyl (C=O) groups is 1. The molecule has 0 radical (unpaired) electrons. The molecule has 1 aromatic heterocycles. The number of rotatable bonds is 2. The fourth-order valence-corrected chi connectivity index (χ4v) is 4.71. The first-order valence-electron chi connectivity index (χ1n) is 9.71. The Morgan fingerprint density at radius 3 is 2.23 bits per heavy atom. The van der Waals surface area contributed by atoms with E-state index >= 15 is 0 Å². The molecular formula is C25H18F3NO. The van der Waals surface area contributed by atoms with E-state index in [0.29, 0.717) is 22.3 Å². The van der Waals surface area contributed by atoms with Gasteiger partial charge in [0.15, 0.2) is 0 Å². The van der Waals surface area contributed by atoms with Gasteiger partial charge in [-0.2, -0.15) is 13.2 Å². The van der Waals surface area contributed by atoms with Crippen LogP contribution in [0, 0.1) is 0 Å². The molecule has 1 atom stereocenters. The molecule has 2 nitrogen and oxygen atoms in total. The first-order chi connectivity index (χ1) is 14.3. The first kappa shape index (κ1) is 18.7. The molecule has 0 N–H and O–H groups in total. The highest BCUT2D eigenvalue weighted by Crippen LogP contribution is 2.51. The highest BCUT2D eigenvalue weighted by molar-refractivity contribution is 6.14. The van der Waals surface area contributed by atoms with E-state index in [-0.39, 0.29) is 0 Å². The summed E-state index contributed by atoms with van der Waals surface area (Å²) in [5.41, 5.74) is 2.45. The van der Waals surface area contributed by atoms with Gasteiger partial charge in [0.1, 0.15) is 0 Å². The van der Waals surface area contributed by atoms with Crippen molar-refractivity contribution in [3.05, 3.63) is 84.4 Å². The van der Waals surface area contributed by atoms with Gasteiger partial charge in [0.2, 0.25) is 5.91 Å². The van der Waals surface area contributed by atoms with E-state index in [4.69, 9.17) is 0 Å². The Labute approximate surface area is 171 Å².